The Morgan fingerprint density at radius 3 is 2.48 bits per heavy atom. The Kier molecular flexibility index (Phi) is 6.13. The van der Waals surface area contributed by atoms with Gasteiger partial charge in [0, 0.05) is 32.1 Å². The summed E-state index contributed by atoms with van der Waals surface area (Å²) in [7, 11) is 0. The molecule has 0 atom stereocenters. The molecule has 1 aromatic carbocycles. The van der Waals surface area contributed by atoms with Crippen LogP contribution >= 0.6 is 11.3 Å². The molecule has 4 rings (SSSR count). The Morgan fingerprint density at radius 1 is 1.03 bits per heavy atom. The molecular formula is C22H26FN3O2S. The molecule has 154 valence electrons. The highest BCUT2D eigenvalue weighted by Crippen LogP contribution is 2.31. The van der Waals surface area contributed by atoms with Gasteiger partial charge in [-0.05, 0) is 61.7 Å². The predicted octanol–water partition coefficient (Wildman–Crippen LogP) is 4.37. The smallest absolute Gasteiger partial charge is 0.263 e. The van der Waals surface area contributed by atoms with E-state index >= 15 is 0 Å². The van der Waals surface area contributed by atoms with Gasteiger partial charge in [0.25, 0.3) is 5.91 Å². The minimum atomic E-state index is -0.350. The number of rotatable bonds is 4. The summed E-state index contributed by atoms with van der Waals surface area (Å²) in [6.45, 7) is 2.99. The Balaban J connectivity index is 1.39. The van der Waals surface area contributed by atoms with Crippen molar-refractivity contribution >= 4 is 34.5 Å². The fourth-order valence-corrected chi connectivity index (χ4v) is 4.85. The van der Waals surface area contributed by atoms with E-state index in [1.54, 1.807) is 6.07 Å². The first-order valence-corrected chi connectivity index (χ1v) is 11.2. The van der Waals surface area contributed by atoms with Crippen LogP contribution in [0.5, 0.6) is 0 Å². The molecule has 0 bridgehead atoms. The Morgan fingerprint density at radius 2 is 1.79 bits per heavy atom. The average Bonchev–Trinajstić information content (AvgIpc) is 3.29. The van der Waals surface area contributed by atoms with E-state index in [-0.39, 0.29) is 23.5 Å². The van der Waals surface area contributed by atoms with Gasteiger partial charge >= 0.3 is 0 Å². The number of benzene rings is 1. The number of piperidine rings is 2. The van der Waals surface area contributed by atoms with Crippen LogP contribution in [0.1, 0.15) is 41.8 Å². The van der Waals surface area contributed by atoms with Crippen molar-refractivity contribution in [1.82, 2.24) is 4.90 Å². The van der Waals surface area contributed by atoms with E-state index in [0.717, 1.165) is 36.5 Å². The number of nitrogens with zero attached hydrogens (tertiary/aromatic N) is 2. The third-order valence-corrected chi connectivity index (χ3v) is 6.66. The van der Waals surface area contributed by atoms with Gasteiger partial charge in [-0.25, -0.2) is 4.39 Å². The van der Waals surface area contributed by atoms with Crippen molar-refractivity contribution in [2.45, 2.75) is 32.1 Å². The lowest BCUT2D eigenvalue weighted by atomic mass is 9.95. The van der Waals surface area contributed by atoms with E-state index in [0.29, 0.717) is 31.6 Å². The molecule has 2 aliphatic rings. The number of halogens is 1. The van der Waals surface area contributed by atoms with Crippen LogP contribution in [-0.4, -0.2) is 42.9 Å². The number of thiophene rings is 1. The van der Waals surface area contributed by atoms with Crippen LogP contribution in [0.3, 0.4) is 0 Å². The second kappa shape index (κ2) is 8.95. The molecule has 29 heavy (non-hydrogen) atoms. The molecule has 0 saturated carbocycles. The van der Waals surface area contributed by atoms with Gasteiger partial charge in [-0.2, -0.15) is 0 Å². The Hall–Kier alpha value is -2.41. The first-order chi connectivity index (χ1) is 14.1. The summed E-state index contributed by atoms with van der Waals surface area (Å²) in [6.07, 6.45) is 4.68. The Bertz CT molecular complexity index is 857. The molecule has 1 N–H and O–H groups in total. The molecular weight excluding hydrogens is 389 g/mol. The molecule has 7 heteroatoms. The number of anilines is 2. The van der Waals surface area contributed by atoms with E-state index in [1.807, 2.05) is 22.4 Å². The monoisotopic (exact) mass is 415 g/mol. The fraction of sp³-hybridized carbons (Fsp3) is 0.455. The summed E-state index contributed by atoms with van der Waals surface area (Å²) in [5, 5.41) is 4.86. The second-order valence-electron chi connectivity index (χ2n) is 7.74. The van der Waals surface area contributed by atoms with Gasteiger partial charge in [0.1, 0.15) is 5.82 Å². The van der Waals surface area contributed by atoms with Gasteiger partial charge in [0.05, 0.1) is 16.3 Å². The highest BCUT2D eigenvalue weighted by molar-refractivity contribution is 7.12. The van der Waals surface area contributed by atoms with Gasteiger partial charge in [-0.1, -0.05) is 6.07 Å². The summed E-state index contributed by atoms with van der Waals surface area (Å²) in [4.78, 5) is 30.1. The molecule has 1 aromatic heterocycles. The third-order valence-electron chi connectivity index (χ3n) is 5.80. The quantitative estimate of drug-likeness (QED) is 0.807. The molecule has 0 spiro atoms. The highest BCUT2D eigenvalue weighted by atomic mass is 32.1. The molecule has 5 nitrogen and oxygen atoms in total. The number of amides is 2. The van der Waals surface area contributed by atoms with Crippen molar-refractivity contribution in [3.63, 3.8) is 0 Å². The summed E-state index contributed by atoms with van der Waals surface area (Å²) in [6, 6.07) is 8.33. The van der Waals surface area contributed by atoms with E-state index in [4.69, 9.17) is 0 Å². The summed E-state index contributed by atoms with van der Waals surface area (Å²) < 4.78 is 13.9. The molecule has 0 aliphatic carbocycles. The largest absolute Gasteiger partial charge is 0.370 e. The zero-order valence-corrected chi connectivity index (χ0v) is 17.2. The van der Waals surface area contributed by atoms with Crippen molar-refractivity contribution in [3.05, 3.63) is 46.4 Å². The van der Waals surface area contributed by atoms with Gasteiger partial charge in [0.15, 0.2) is 0 Å². The van der Waals surface area contributed by atoms with Crippen LogP contribution in [0, 0.1) is 11.7 Å². The van der Waals surface area contributed by atoms with Crippen LogP contribution in [0.25, 0.3) is 0 Å². The SMILES string of the molecule is O=C(Nc1cc(F)ccc1N1CCCCC1)C1CCN(C(=O)c2cccs2)CC1. The lowest BCUT2D eigenvalue weighted by molar-refractivity contribution is -0.121. The van der Waals surface area contributed by atoms with E-state index in [9.17, 15) is 14.0 Å². The van der Waals surface area contributed by atoms with Crippen molar-refractivity contribution < 1.29 is 14.0 Å². The first kappa shape index (κ1) is 19.9. The summed E-state index contributed by atoms with van der Waals surface area (Å²) >= 11 is 1.44. The molecule has 2 saturated heterocycles. The second-order valence-corrected chi connectivity index (χ2v) is 8.69. The highest BCUT2D eigenvalue weighted by Gasteiger charge is 2.29. The maximum atomic E-state index is 13.9. The van der Waals surface area contributed by atoms with Crippen LogP contribution in [0.4, 0.5) is 15.8 Å². The molecule has 2 fully saturated rings. The number of carbonyl (C=O) groups is 2. The normalized spacial score (nSPS) is 18.0. The maximum absolute atomic E-state index is 13.9. The molecule has 2 aliphatic heterocycles. The summed E-state index contributed by atoms with van der Waals surface area (Å²) in [5.74, 6) is -0.564. The van der Waals surface area contributed by atoms with E-state index < -0.39 is 0 Å². The standard InChI is InChI=1S/C22H26FN3O2S/c23-17-6-7-19(25-10-2-1-3-11-25)18(15-17)24-21(27)16-8-12-26(13-9-16)22(28)20-5-4-14-29-20/h4-7,14-16H,1-3,8-13H2,(H,24,27). The lowest BCUT2D eigenvalue weighted by Crippen LogP contribution is -2.41. The number of hydrogen-bond acceptors (Lipinski definition) is 4. The van der Waals surface area contributed by atoms with Gasteiger partial charge in [-0.3, -0.25) is 9.59 Å². The van der Waals surface area contributed by atoms with Crippen molar-refractivity contribution in [3.8, 4) is 0 Å². The average molecular weight is 416 g/mol. The molecule has 0 unspecified atom stereocenters. The predicted molar refractivity (Wildman–Crippen MR) is 114 cm³/mol. The van der Waals surface area contributed by atoms with Crippen LogP contribution in [0.15, 0.2) is 35.7 Å². The number of nitrogens with one attached hydrogen (secondary N) is 1. The van der Waals surface area contributed by atoms with E-state index in [1.165, 1.54) is 29.9 Å². The summed E-state index contributed by atoms with van der Waals surface area (Å²) in [5.41, 5.74) is 1.44. The van der Waals surface area contributed by atoms with Gasteiger partial charge in [0.2, 0.25) is 5.91 Å². The van der Waals surface area contributed by atoms with Crippen LogP contribution in [0.2, 0.25) is 0 Å². The van der Waals surface area contributed by atoms with E-state index in [2.05, 4.69) is 10.2 Å². The molecule has 3 heterocycles. The fourth-order valence-electron chi connectivity index (χ4n) is 4.15. The minimum Gasteiger partial charge on any atom is -0.370 e. The topological polar surface area (TPSA) is 52.7 Å². The maximum Gasteiger partial charge on any atom is 0.263 e. The number of carbonyl (C=O) groups excluding carboxylic acids is 2. The van der Waals surface area contributed by atoms with Crippen molar-refractivity contribution in [2.75, 3.05) is 36.4 Å². The van der Waals surface area contributed by atoms with Crippen molar-refractivity contribution in [2.24, 2.45) is 5.92 Å². The Labute approximate surface area is 174 Å². The molecule has 2 amide bonds. The molecule has 2 aromatic rings. The van der Waals surface area contributed by atoms with Gasteiger partial charge < -0.3 is 15.1 Å². The van der Waals surface area contributed by atoms with Crippen LogP contribution in [-0.2, 0) is 4.79 Å². The first-order valence-electron chi connectivity index (χ1n) is 10.3. The molecule has 0 radical (unpaired) electrons. The van der Waals surface area contributed by atoms with Crippen LogP contribution < -0.4 is 10.2 Å². The number of likely N-dealkylation sites (tertiary alicyclic amines) is 1. The zero-order chi connectivity index (χ0) is 20.2. The lowest BCUT2D eigenvalue weighted by Gasteiger charge is -2.32. The third kappa shape index (κ3) is 4.61. The van der Waals surface area contributed by atoms with Gasteiger partial charge in [-0.15, -0.1) is 11.3 Å². The minimum absolute atomic E-state index is 0.0383. The number of hydrogen-bond donors (Lipinski definition) is 1. The van der Waals surface area contributed by atoms with Crippen molar-refractivity contribution in [1.29, 1.82) is 0 Å². The zero-order valence-electron chi connectivity index (χ0n) is 16.4.